The summed E-state index contributed by atoms with van der Waals surface area (Å²) in [5.41, 5.74) is 1.62. The quantitative estimate of drug-likeness (QED) is 0.197. The van der Waals surface area contributed by atoms with Crippen molar-refractivity contribution in [3.8, 4) is 22.4 Å². The van der Waals surface area contributed by atoms with Crippen molar-refractivity contribution in [1.29, 1.82) is 0 Å². The van der Waals surface area contributed by atoms with Crippen LogP contribution in [0.4, 0.5) is 30.9 Å². The van der Waals surface area contributed by atoms with Crippen LogP contribution in [0.3, 0.4) is 0 Å². The molecule has 220 valence electrons. The minimum atomic E-state index is -0.777. The van der Waals surface area contributed by atoms with Gasteiger partial charge in [-0.1, -0.05) is 32.0 Å². The lowest BCUT2D eigenvalue weighted by atomic mass is 10.0. The van der Waals surface area contributed by atoms with Crippen LogP contribution in [-0.2, 0) is 0 Å². The Morgan fingerprint density at radius 2 is 1.65 bits per heavy atom. The maximum Gasteiger partial charge on any atom is 0.323 e. The molecule has 0 fully saturated rings. The Hall–Kier alpha value is -5.26. The third-order valence-electron chi connectivity index (χ3n) is 6.71. The zero-order valence-electron chi connectivity index (χ0n) is 24.2. The summed E-state index contributed by atoms with van der Waals surface area (Å²) in [5, 5.41) is 8.65. The largest absolute Gasteiger partial charge is 0.357 e. The topological polar surface area (TPSA) is 127 Å². The number of urea groups is 1. The molecule has 2 aromatic carbocycles. The number of amides is 2. The summed E-state index contributed by atoms with van der Waals surface area (Å²) >= 11 is 0. The molecule has 3 aromatic heterocycles. The van der Waals surface area contributed by atoms with Crippen LogP contribution in [0.5, 0.6) is 0 Å². The van der Waals surface area contributed by atoms with Crippen LogP contribution in [0, 0.1) is 11.6 Å². The van der Waals surface area contributed by atoms with Gasteiger partial charge in [0.25, 0.3) is 5.56 Å². The van der Waals surface area contributed by atoms with Crippen molar-refractivity contribution in [2.75, 3.05) is 23.0 Å². The summed E-state index contributed by atoms with van der Waals surface area (Å²) < 4.78 is 30.5. The second kappa shape index (κ2) is 11.9. The highest BCUT2D eigenvalue weighted by atomic mass is 19.1. The van der Waals surface area contributed by atoms with E-state index in [4.69, 9.17) is 0 Å². The maximum absolute atomic E-state index is 14.9. The molecule has 0 atom stereocenters. The molecular weight excluding hydrogens is 554 g/mol. The highest BCUT2D eigenvalue weighted by Gasteiger charge is 2.19. The molecule has 0 aliphatic carbocycles. The van der Waals surface area contributed by atoms with Gasteiger partial charge in [-0.15, -0.1) is 0 Å². The molecule has 5 aromatic rings. The first-order valence-corrected chi connectivity index (χ1v) is 13.7. The second-order valence-electron chi connectivity index (χ2n) is 10.5. The van der Waals surface area contributed by atoms with E-state index in [9.17, 15) is 18.4 Å². The van der Waals surface area contributed by atoms with Crippen molar-refractivity contribution < 1.29 is 13.6 Å². The summed E-state index contributed by atoms with van der Waals surface area (Å²) in [7, 11) is 1.69. The number of carbonyl (C=O) groups excluding carboxylic acids is 1. The number of nitrogens with one attached hydrogen (secondary N) is 3. The molecule has 5 rings (SSSR count). The molecule has 12 heteroatoms. The van der Waals surface area contributed by atoms with Crippen LogP contribution in [0.15, 0.2) is 65.7 Å². The molecule has 0 spiro atoms. The van der Waals surface area contributed by atoms with Crippen molar-refractivity contribution in [2.24, 2.45) is 0 Å². The third kappa shape index (κ3) is 6.03. The molecule has 10 nitrogen and oxygen atoms in total. The van der Waals surface area contributed by atoms with Gasteiger partial charge in [-0.3, -0.25) is 9.36 Å². The first-order valence-electron chi connectivity index (χ1n) is 13.7. The van der Waals surface area contributed by atoms with Crippen molar-refractivity contribution in [1.82, 2.24) is 24.5 Å². The molecule has 0 saturated carbocycles. The summed E-state index contributed by atoms with van der Waals surface area (Å²) in [6, 6.07) is 10.5. The molecule has 0 unspecified atom stereocenters. The van der Waals surface area contributed by atoms with Crippen LogP contribution in [0.25, 0.3) is 33.4 Å². The summed E-state index contributed by atoms with van der Waals surface area (Å²) in [4.78, 5) is 44.3. The lowest BCUT2D eigenvalue weighted by Crippen LogP contribution is -2.25. The molecule has 3 heterocycles. The number of nitrogens with zero attached hydrogens (tertiary/aromatic N) is 5. The zero-order valence-corrected chi connectivity index (χ0v) is 24.2. The second-order valence-corrected chi connectivity index (χ2v) is 10.5. The highest BCUT2D eigenvalue weighted by molar-refractivity contribution is 6.02. The first-order chi connectivity index (χ1) is 20.5. The smallest absolute Gasteiger partial charge is 0.323 e. The van der Waals surface area contributed by atoms with Crippen LogP contribution in [-0.4, -0.2) is 37.6 Å². The lowest BCUT2D eigenvalue weighted by Gasteiger charge is -2.16. The van der Waals surface area contributed by atoms with Crippen LogP contribution >= 0.6 is 0 Å². The molecule has 0 radical (unpaired) electrons. The van der Waals surface area contributed by atoms with Crippen molar-refractivity contribution in [3.05, 3.63) is 88.7 Å². The van der Waals surface area contributed by atoms with Crippen molar-refractivity contribution in [2.45, 2.75) is 39.7 Å². The normalized spacial score (nSPS) is 11.3. The van der Waals surface area contributed by atoms with Gasteiger partial charge >= 0.3 is 6.03 Å². The Kier molecular flexibility index (Phi) is 8.11. The monoisotopic (exact) mass is 584 g/mol. The van der Waals surface area contributed by atoms with Crippen LogP contribution in [0.2, 0.25) is 0 Å². The molecular formula is C31H30F2N8O2. The Morgan fingerprint density at radius 3 is 2.35 bits per heavy atom. The number of halogens is 2. The average Bonchev–Trinajstić information content (AvgIpc) is 2.97. The number of rotatable bonds is 7. The Labute approximate surface area is 246 Å². The van der Waals surface area contributed by atoms with Crippen LogP contribution < -0.4 is 21.5 Å². The van der Waals surface area contributed by atoms with E-state index in [2.05, 4.69) is 35.9 Å². The molecule has 0 saturated heterocycles. The predicted molar refractivity (Wildman–Crippen MR) is 163 cm³/mol. The fourth-order valence-electron chi connectivity index (χ4n) is 4.61. The lowest BCUT2D eigenvalue weighted by molar-refractivity contribution is 0.262. The van der Waals surface area contributed by atoms with Gasteiger partial charge in [-0.2, -0.15) is 4.98 Å². The van der Waals surface area contributed by atoms with Gasteiger partial charge in [0.15, 0.2) is 0 Å². The van der Waals surface area contributed by atoms with Crippen molar-refractivity contribution >= 4 is 34.4 Å². The summed E-state index contributed by atoms with van der Waals surface area (Å²) in [6.07, 6.45) is 3.04. The number of aromatic nitrogens is 5. The van der Waals surface area contributed by atoms with Gasteiger partial charge in [-0.25, -0.2) is 28.5 Å². The van der Waals surface area contributed by atoms with E-state index in [1.165, 1.54) is 36.5 Å². The van der Waals surface area contributed by atoms with Gasteiger partial charge in [0.2, 0.25) is 5.95 Å². The molecule has 2 amide bonds. The van der Waals surface area contributed by atoms with E-state index in [1.54, 1.807) is 36.0 Å². The van der Waals surface area contributed by atoms with Gasteiger partial charge < -0.3 is 16.0 Å². The van der Waals surface area contributed by atoms with E-state index in [1.807, 2.05) is 27.7 Å². The number of hydrogen-bond acceptors (Lipinski definition) is 7. The average molecular weight is 585 g/mol. The molecule has 0 aliphatic heterocycles. The fourth-order valence-corrected chi connectivity index (χ4v) is 4.61. The Bertz CT molecular complexity index is 1910. The molecule has 0 bridgehead atoms. The number of hydrogen-bond donors (Lipinski definition) is 3. The Balaban J connectivity index is 1.49. The van der Waals surface area contributed by atoms with E-state index < -0.39 is 17.7 Å². The predicted octanol–water partition coefficient (Wildman–Crippen LogP) is 6.58. The van der Waals surface area contributed by atoms with Gasteiger partial charge in [0.1, 0.15) is 23.1 Å². The Morgan fingerprint density at radius 1 is 0.884 bits per heavy atom. The van der Waals surface area contributed by atoms with Crippen LogP contribution in [0.1, 0.15) is 45.5 Å². The first kappa shape index (κ1) is 29.2. The standard InChI is InChI=1S/C31H30F2N8O2/c1-16(2)27-35-15-25(26(39-27)19-7-6-8-21(32)11-19)38-31(43)37-24-13-18(9-10-23(24)33)22-12-20-14-36-30(34-5)40-28(20)41(17(3)4)29(22)42/h6-17H,1-5H3,(H,34,36,40)(H2,37,38,43). The fraction of sp³-hybridized carbons (Fsp3) is 0.226. The summed E-state index contributed by atoms with van der Waals surface area (Å²) in [5.74, 6) is -0.296. The van der Waals surface area contributed by atoms with Gasteiger partial charge in [0, 0.05) is 41.7 Å². The molecule has 0 aliphatic rings. The third-order valence-corrected chi connectivity index (χ3v) is 6.71. The van der Waals surface area contributed by atoms with E-state index in [-0.39, 0.29) is 34.5 Å². The SMILES string of the molecule is CNc1ncc2cc(-c3ccc(F)c(NC(=O)Nc4cnc(C(C)C)nc4-c4cccc(F)c4)c3)c(=O)n(C(C)C)c2n1. The van der Waals surface area contributed by atoms with E-state index in [0.717, 1.165) is 0 Å². The molecule has 3 N–H and O–H groups in total. The maximum atomic E-state index is 14.9. The number of fused-ring (bicyclic) bond motifs is 1. The number of anilines is 3. The van der Waals surface area contributed by atoms with Gasteiger partial charge in [0.05, 0.1) is 23.3 Å². The van der Waals surface area contributed by atoms with Gasteiger partial charge in [-0.05, 0) is 49.7 Å². The minimum absolute atomic E-state index is 0.0145. The zero-order chi connectivity index (χ0) is 30.8. The highest BCUT2D eigenvalue weighted by Crippen LogP contribution is 2.29. The number of pyridine rings is 1. The number of carbonyl (C=O) groups is 1. The van der Waals surface area contributed by atoms with Crippen molar-refractivity contribution in [3.63, 3.8) is 0 Å². The minimum Gasteiger partial charge on any atom is -0.357 e. The number of benzene rings is 2. The molecule has 43 heavy (non-hydrogen) atoms. The van der Waals surface area contributed by atoms with E-state index >= 15 is 0 Å². The van der Waals surface area contributed by atoms with E-state index in [0.29, 0.717) is 39.6 Å². The summed E-state index contributed by atoms with van der Waals surface area (Å²) in [6.45, 7) is 7.56.